The smallest absolute Gasteiger partial charge is 0.261 e. The zero-order valence-corrected chi connectivity index (χ0v) is 16.0. The highest BCUT2D eigenvalue weighted by Crippen LogP contribution is 2.25. The van der Waals surface area contributed by atoms with E-state index in [0.717, 1.165) is 23.1 Å². The monoisotopic (exact) mass is 426 g/mol. The lowest BCUT2D eigenvalue weighted by Crippen LogP contribution is -2.21. The Kier molecular flexibility index (Phi) is 5.78. The highest BCUT2D eigenvalue weighted by Gasteiger charge is 2.23. The molecule has 0 spiro atoms. The number of benzene rings is 1. The van der Waals surface area contributed by atoms with Crippen molar-refractivity contribution in [1.82, 2.24) is 9.97 Å². The van der Waals surface area contributed by atoms with E-state index < -0.39 is 51.2 Å². The van der Waals surface area contributed by atoms with Crippen LogP contribution in [0, 0.1) is 18.6 Å². The minimum Gasteiger partial charge on any atom is -0.346 e. The zero-order chi connectivity index (χ0) is 21.2. The number of halogens is 3. The van der Waals surface area contributed by atoms with Crippen LogP contribution in [0.4, 0.5) is 24.5 Å². The second-order valence-corrected chi connectivity index (χ2v) is 8.14. The van der Waals surface area contributed by atoms with Crippen molar-refractivity contribution in [3.05, 3.63) is 53.4 Å². The predicted octanol–water partition coefficient (Wildman–Crippen LogP) is 3.50. The molecule has 3 aromatic rings. The maximum Gasteiger partial charge on any atom is 0.261 e. The Bertz CT molecular complexity index is 1180. The van der Waals surface area contributed by atoms with Gasteiger partial charge >= 0.3 is 0 Å². The minimum atomic E-state index is -4.05. The average molecular weight is 426 g/mol. The Labute approximate surface area is 164 Å². The van der Waals surface area contributed by atoms with E-state index in [9.17, 15) is 26.4 Å². The van der Waals surface area contributed by atoms with Gasteiger partial charge in [-0.3, -0.25) is 13.9 Å². The normalized spacial score (nSPS) is 11.6. The first-order chi connectivity index (χ1) is 13.7. The second kappa shape index (κ2) is 8.11. The van der Waals surface area contributed by atoms with Gasteiger partial charge in [0.2, 0.25) is 10.0 Å². The summed E-state index contributed by atoms with van der Waals surface area (Å²) in [6.45, 7) is 0.962. The quantitative estimate of drug-likeness (QED) is 0.538. The number of aromatic nitrogens is 2. The summed E-state index contributed by atoms with van der Waals surface area (Å²) >= 11 is 0. The largest absolute Gasteiger partial charge is 0.346 e. The molecule has 3 N–H and O–H groups in total. The number of aromatic amines is 1. The first kappa shape index (κ1) is 20.6. The number of anilines is 2. The first-order valence-electron chi connectivity index (χ1n) is 8.51. The van der Waals surface area contributed by atoms with Crippen LogP contribution >= 0.6 is 0 Å². The number of pyridine rings is 1. The number of aryl methyl sites for hydroxylation is 1. The fourth-order valence-corrected chi connectivity index (χ4v) is 3.78. The zero-order valence-electron chi connectivity index (χ0n) is 15.2. The number of nitrogens with one attached hydrogen (secondary N) is 3. The van der Waals surface area contributed by atoms with Crippen LogP contribution in [0.25, 0.3) is 11.0 Å². The van der Waals surface area contributed by atoms with Gasteiger partial charge in [-0.15, -0.1) is 0 Å². The number of nitrogens with zero attached hydrogens (tertiary/aromatic N) is 1. The van der Waals surface area contributed by atoms with Gasteiger partial charge in [0.25, 0.3) is 5.91 Å². The maximum absolute atomic E-state index is 14.7. The van der Waals surface area contributed by atoms with Gasteiger partial charge in [-0.25, -0.2) is 22.2 Å². The number of fused-ring (bicyclic) bond motifs is 1. The van der Waals surface area contributed by atoms with Crippen LogP contribution in [0.2, 0.25) is 0 Å². The molecule has 7 nitrogen and oxygen atoms in total. The van der Waals surface area contributed by atoms with Crippen molar-refractivity contribution in [2.45, 2.75) is 13.3 Å². The third-order valence-electron chi connectivity index (χ3n) is 4.13. The molecular weight excluding hydrogens is 409 g/mol. The molecule has 0 saturated heterocycles. The molecule has 11 heteroatoms. The van der Waals surface area contributed by atoms with E-state index >= 15 is 0 Å². The number of sulfonamides is 1. The molecule has 3 rings (SSSR count). The SMILES string of the molecule is Cc1c[nH]c2ncc(NC(=O)c3c(F)ccc(NS(=O)(=O)CCCF)c3F)cc12. The number of H-pyrrole nitrogens is 1. The van der Waals surface area contributed by atoms with E-state index in [-0.39, 0.29) is 12.1 Å². The standard InChI is InChI=1S/C18H17F3N4O3S/c1-10-8-22-17-12(10)7-11(9-23-17)24-18(26)15-13(20)3-4-14(16(15)21)25-29(27,28)6-2-5-19/h3-4,7-9,25H,2,5-6H2,1H3,(H,22,23)(H,24,26). The van der Waals surface area contributed by atoms with Crippen LogP contribution < -0.4 is 10.0 Å². The topological polar surface area (TPSA) is 104 Å². The highest BCUT2D eigenvalue weighted by atomic mass is 32.2. The molecule has 1 aromatic carbocycles. The van der Waals surface area contributed by atoms with Crippen molar-refractivity contribution in [3.8, 4) is 0 Å². The van der Waals surface area contributed by atoms with Crippen molar-refractivity contribution in [2.24, 2.45) is 0 Å². The number of rotatable bonds is 7. The van der Waals surface area contributed by atoms with Crippen LogP contribution in [0.15, 0.2) is 30.6 Å². The Morgan fingerprint density at radius 3 is 2.76 bits per heavy atom. The summed E-state index contributed by atoms with van der Waals surface area (Å²) in [7, 11) is -4.05. The van der Waals surface area contributed by atoms with Crippen molar-refractivity contribution < 1.29 is 26.4 Å². The average Bonchev–Trinajstić information content (AvgIpc) is 3.03. The maximum atomic E-state index is 14.7. The number of alkyl halides is 1. The molecule has 0 saturated carbocycles. The molecule has 0 aliphatic heterocycles. The molecule has 0 unspecified atom stereocenters. The van der Waals surface area contributed by atoms with Crippen molar-refractivity contribution >= 4 is 38.3 Å². The molecule has 2 heterocycles. The summed E-state index contributed by atoms with van der Waals surface area (Å²) in [4.78, 5) is 19.5. The molecule has 0 bridgehead atoms. The van der Waals surface area contributed by atoms with E-state index in [0.29, 0.717) is 5.65 Å². The lowest BCUT2D eigenvalue weighted by atomic mass is 10.1. The fourth-order valence-electron chi connectivity index (χ4n) is 2.70. The number of hydrogen-bond acceptors (Lipinski definition) is 4. The van der Waals surface area contributed by atoms with Gasteiger partial charge in [0.15, 0.2) is 5.82 Å². The van der Waals surface area contributed by atoms with Gasteiger partial charge in [0, 0.05) is 11.6 Å². The van der Waals surface area contributed by atoms with E-state index in [1.54, 1.807) is 12.3 Å². The molecule has 2 aromatic heterocycles. The molecule has 0 fully saturated rings. The molecule has 29 heavy (non-hydrogen) atoms. The highest BCUT2D eigenvalue weighted by molar-refractivity contribution is 7.92. The number of hydrogen-bond donors (Lipinski definition) is 3. The van der Waals surface area contributed by atoms with Gasteiger partial charge in [0.1, 0.15) is 17.0 Å². The molecule has 0 radical (unpaired) electrons. The Balaban J connectivity index is 1.88. The Morgan fingerprint density at radius 1 is 1.28 bits per heavy atom. The fraction of sp³-hybridized carbons (Fsp3) is 0.222. The van der Waals surface area contributed by atoms with E-state index in [2.05, 4.69) is 15.3 Å². The summed E-state index contributed by atoms with van der Waals surface area (Å²) in [5, 5.41) is 3.07. The minimum absolute atomic E-state index is 0.206. The van der Waals surface area contributed by atoms with Crippen molar-refractivity contribution in [3.63, 3.8) is 0 Å². The van der Waals surface area contributed by atoms with E-state index in [1.807, 2.05) is 11.6 Å². The second-order valence-electron chi connectivity index (χ2n) is 6.29. The van der Waals surface area contributed by atoms with Crippen molar-refractivity contribution in [1.29, 1.82) is 0 Å². The molecule has 1 amide bonds. The molecule has 154 valence electrons. The number of amides is 1. The van der Waals surface area contributed by atoms with Gasteiger partial charge in [-0.1, -0.05) is 0 Å². The number of carbonyl (C=O) groups excluding carboxylic acids is 1. The van der Waals surface area contributed by atoms with E-state index in [4.69, 9.17) is 0 Å². The van der Waals surface area contributed by atoms with Gasteiger partial charge < -0.3 is 10.3 Å². The van der Waals surface area contributed by atoms with Crippen LogP contribution in [-0.2, 0) is 10.0 Å². The van der Waals surface area contributed by atoms with Gasteiger partial charge in [-0.2, -0.15) is 0 Å². The first-order valence-corrected chi connectivity index (χ1v) is 10.2. The van der Waals surface area contributed by atoms with Crippen molar-refractivity contribution in [2.75, 3.05) is 22.5 Å². The summed E-state index contributed by atoms with van der Waals surface area (Å²) in [6, 6.07) is 3.21. The summed E-state index contributed by atoms with van der Waals surface area (Å²) in [5.41, 5.74) is 0.0955. The van der Waals surface area contributed by atoms with Crippen LogP contribution in [-0.4, -0.2) is 36.7 Å². The summed E-state index contributed by atoms with van der Waals surface area (Å²) in [6.07, 6.45) is 2.76. The van der Waals surface area contributed by atoms with Gasteiger partial charge in [0.05, 0.1) is 30.0 Å². The lowest BCUT2D eigenvalue weighted by molar-refractivity contribution is 0.101. The van der Waals surface area contributed by atoms with Crippen LogP contribution in [0.3, 0.4) is 0 Å². The summed E-state index contributed by atoms with van der Waals surface area (Å²) < 4.78 is 66.6. The third-order valence-corrected chi connectivity index (χ3v) is 5.48. The Morgan fingerprint density at radius 2 is 2.03 bits per heavy atom. The number of carbonyl (C=O) groups is 1. The lowest BCUT2D eigenvalue weighted by Gasteiger charge is -2.12. The third kappa shape index (κ3) is 4.50. The van der Waals surface area contributed by atoms with Gasteiger partial charge in [-0.05, 0) is 37.1 Å². The summed E-state index contributed by atoms with van der Waals surface area (Å²) in [5.74, 6) is -4.24. The molecule has 0 atom stereocenters. The predicted molar refractivity (Wildman–Crippen MR) is 103 cm³/mol. The van der Waals surface area contributed by atoms with E-state index in [1.165, 1.54) is 6.20 Å². The van der Waals surface area contributed by atoms with Crippen LogP contribution in [0.5, 0.6) is 0 Å². The molecule has 0 aliphatic carbocycles. The molecule has 0 aliphatic rings. The van der Waals surface area contributed by atoms with Crippen LogP contribution in [0.1, 0.15) is 22.3 Å². The molecular formula is C18H17F3N4O3S. The Hall–Kier alpha value is -3.08.